The fourth-order valence-electron chi connectivity index (χ4n) is 2.23. The lowest BCUT2D eigenvalue weighted by Crippen LogP contribution is -2.51. The summed E-state index contributed by atoms with van der Waals surface area (Å²) in [5, 5.41) is 2.03. The zero-order valence-corrected chi connectivity index (χ0v) is 12.9. The fraction of sp³-hybridized carbons (Fsp3) is 0.643. The van der Waals surface area contributed by atoms with Gasteiger partial charge in [-0.05, 0) is 18.4 Å². The van der Waals surface area contributed by atoms with Crippen LogP contribution in [0.2, 0.25) is 0 Å². The number of nitrogens with two attached hydrogens (primary N) is 1. The summed E-state index contributed by atoms with van der Waals surface area (Å²) < 4.78 is 5.61. The van der Waals surface area contributed by atoms with Crippen molar-refractivity contribution in [1.82, 2.24) is 9.80 Å². The molecule has 112 valence electrons. The van der Waals surface area contributed by atoms with Gasteiger partial charge in [-0.25, -0.2) is 0 Å². The third-order valence-corrected chi connectivity index (χ3v) is 4.38. The summed E-state index contributed by atoms with van der Waals surface area (Å²) in [6.07, 6.45) is 0.0270. The topological polar surface area (TPSA) is 58.8 Å². The molecule has 1 aliphatic rings. The number of rotatable bonds is 5. The van der Waals surface area contributed by atoms with Crippen LogP contribution < -0.4 is 5.73 Å². The van der Waals surface area contributed by atoms with E-state index in [-0.39, 0.29) is 18.1 Å². The molecule has 1 saturated heterocycles. The normalized spacial score (nSPS) is 21.6. The average molecular weight is 297 g/mol. The van der Waals surface area contributed by atoms with Crippen molar-refractivity contribution in [2.45, 2.75) is 25.6 Å². The Morgan fingerprint density at radius 1 is 1.70 bits per heavy atom. The number of thiophene rings is 1. The van der Waals surface area contributed by atoms with E-state index in [1.807, 2.05) is 25.4 Å². The second-order valence-electron chi connectivity index (χ2n) is 5.33. The third-order valence-electron chi connectivity index (χ3n) is 3.52. The number of carbonyl (C=O) groups is 1. The summed E-state index contributed by atoms with van der Waals surface area (Å²) in [6.45, 7) is 5.23. The first-order valence-corrected chi connectivity index (χ1v) is 7.80. The first-order valence-electron chi connectivity index (χ1n) is 6.92. The Morgan fingerprint density at radius 2 is 2.50 bits per heavy atom. The largest absolute Gasteiger partial charge is 0.374 e. The zero-order valence-electron chi connectivity index (χ0n) is 12.1. The number of carbonyl (C=O) groups excluding carboxylic acids is 1. The van der Waals surface area contributed by atoms with Gasteiger partial charge in [-0.2, -0.15) is 0 Å². The molecule has 2 unspecified atom stereocenters. The molecule has 0 aliphatic carbocycles. The van der Waals surface area contributed by atoms with Gasteiger partial charge in [0.25, 0.3) is 0 Å². The second kappa shape index (κ2) is 7.17. The Labute approximate surface area is 124 Å². The van der Waals surface area contributed by atoms with Gasteiger partial charge in [0.15, 0.2) is 0 Å². The number of hydrogen-bond acceptors (Lipinski definition) is 5. The van der Waals surface area contributed by atoms with Crippen molar-refractivity contribution < 1.29 is 9.53 Å². The highest BCUT2D eigenvalue weighted by atomic mass is 32.1. The maximum absolute atomic E-state index is 12.2. The summed E-state index contributed by atoms with van der Waals surface area (Å²) in [5.74, 6) is 0.142. The van der Waals surface area contributed by atoms with Gasteiger partial charge in [-0.3, -0.25) is 9.69 Å². The molecule has 5 nitrogen and oxygen atoms in total. The predicted molar refractivity (Wildman–Crippen MR) is 80.6 cm³/mol. The smallest absolute Gasteiger partial charge is 0.236 e. The van der Waals surface area contributed by atoms with Gasteiger partial charge in [0, 0.05) is 31.1 Å². The Bertz CT molecular complexity index is 422. The molecule has 1 amide bonds. The van der Waals surface area contributed by atoms with Gasteiger partial charge in [0.05, 0.1) is 25.8 Å². The first-order chi connectivity index (χ1) is 9.56. The van der Waals surface area contributed by atoms with Crippen molar-refractivity contribution in [2.24, 2.45) is 5.73 Å². The summed E-state index contributed by atoms with van der Waals surface area (Å²) >= 11 is 1.68. The lowest BCUT2D eigenvalue weighted by atomic mass is 10.1. The van der Waals surface area contributed by atoms with Crippen molar-refractivity contribution in [3.05, 3.63) is 22.4 Å². The minimum Gasteiger partial charge on any atom is -0.374 e. The van der Waals surface area contributed by atoms with Crippen LogP contribution in [0.3, 0.4) is 0 Å². The van der Waals surface area contributed by atoms with Crippen molar-refractivity contribution in [3.63, 3.8) is 0 Å². The van der Waals surface area contributed by atoms with Crippen LogP contribution in [0.5, 0.6) is 0 Å². The Balaban J connectivity index is 1.81. The van der Waals surface area contributed by atoms with Gasteiger partial charge < -0.3 is 15.4 Å². The fourth-order valence-corrected chi connectivity index (χ4v) is 2.99. The molecule has 1 fully saturated rings. The monoisotopic (exact) mass is 297 g/mol. The van der Waals surface area contributed by atoms with E-state index in [2.05, 4.69) is 11.0 Å². The summed E-state index contributed by atoms with van der Waals surface area (Å²) in [5.41, 5.74) is 5.86. The van der Waals surface area contributed by atoms with Crippen LogP contribution in [-0.4, -0.2) is 61.1 Å². The van der Waals surface area contributed by atoms with Crippen LogP contribution in [0.1, 0.15) is 11.8 Å². The quantitative estimate of drug-likeness (QED) is 0.871. The Kier molecular flexibility index (Phi) is 5.54. The summed E-state index contributed by atoms with van der Waals surface area (Å²) in [6, 6.07) is 4.06. The van der Waals surface area contributed by atoms with Crippen molar-refractivity contribution >= 4 is 17.2 Å². The number of nitrogens with zero attached hydrogens (tertiary/aromatic N) is 2. The number of hydrogen-bond donors (Lipinski definition) is 1. The van der Waals surface area contributed by atoms with Crippen LogP contribution in [0.25, 0.3) is 0 Å². The molecule has 2 rings (SSSR count). The maximum Gasteiger partial charge on any atom is 0.236 e. The van der Waals surface area contributed by atoms with Crippen LogP contribution in [-0.2, 0) is 16.1 Å². The van der Waals surface area contributed by atoms with E-state index in [4.69, 9.17) is 10.5 Å². The average Bonchev–Trinajstić information content (AvgIpc) is 2.91. The predicted octanol–water partition coefficient (Wildman–Crippen LogP) is 0.755. The van der Waals surface area contributed by atoms with Gasteiger partial charge in [-0.1, -0.05) is 6.07 Å². The minimum absolute atomic E-state index is 0.00301. The molecule has 2 N–H and O–H groups in total. The highest BCUT2D eigenvalue weighted by Crippen LogP contribution is 2.12. The molecule has 2 heterocycles. The molecular weight excluding hydrogens is 274 g/mol. The molecule has 0 saturated carbocycles. The van der Waals surface area contributed by atoms with Crippen LogP contribution >= 0.6 is 11.3 Å². The van der Waals surface area contributed by atoms with E-state index >= 15 is 0 Å². The van der Waals surface area contributed by atoms with Crippen molar-refractivity contribution in [1.29, 1.82) is 0 Å². The lowest BCUT2D eigenvalue weighted by molar-refractivity contribution is -0.133. The second-order valence-corrected chi connectivity index (χ2v) is 6.36. The first kappa shape index (κ1) is 15.4. The van der Waals surface area contributed by atoms with Gasteiger partial charge >= 0.3 is 0 Å². The zero-order chi connectivity index (χ0) is 14.5. The highest BCUT2D eigenvalue weighted by molar-refractivity contribution is 7.09. The molecule has 0 aromatic carbocycles. The summed E-state index contributed by atoms with van der Waals surface area (Å²) in [4.78, 5) is 17.3. The molecular formula is C14H23N3O2S. The number of likely N-dealkylation sites (N-methyl/N-ethyl adjacent to an activating group) is 1. The lowest BCUT2D eigenvalue weighted by Gasteiger charge is -2.35. The molecule has 1 aromatic rings. The van der Waals surface area contributed by atoms with Crippen LogP contribution in [0.15, 0.2) is 17.5 Å². The molecule has 20 heavy (non-hydrogen) atoms. The number of morpholine rings is 1. The molecule has 2 atom stereocenters. The van der Waals surface area contributed by atoms with Gasteiger partial charge in [0.2, 0.25) is 5.91 Å². The molecule has 0 radical (unpaired) electrons. The van der Waals surface area contributed by atoms with Gasteiger partial charge in [0.1, 0.15) is 0 Å². The minimum atomic E-state index is -0.00301. The molecule has 1 aromatic heterocycles. The third kappa shape index (κ3) is 4.28. The van der Waals surface area contributed by atoms with Gasteiger partial charge in [-0.15, -0.1) is 11.3 Å². The van der Waals surface area contributed by atoms with E-state index in [0.29, 0.717) is 19.7 Å². The molecule has 1 aliphatic heterocycles. The van der Waals surface area contributed by atoms with E-state index in [1.165, 1.54) is 4.88 Å². The molecule has 0 bridgehead atoms. The van der Waals surface area contributed by atoms with E-state index in [0.717, 1.165) is 13.1 Å². The van der Waals surface area contributed by atoms with Crippen molar-refractivity contribution in [3.8, 4) is 0 Å². The highest BCUT2D eigenvalue weighted by Gasteiger charge is 2.25. The Morgan fingerprint density at radius 3 is 3.15 bits per heavy atom. The SMILES string of the molecule is CC(N)C1CN(CC(=O)N(C)Cc2cccs2)CCO1. The van der Waals surface area contributed by atoms with E-state index in [9.17, 15) is 4.79 Å². The molecule has 0 spiro atoms. The molecule has 6 heteroatoms. The van der Waals surface area contributed by atoms with E-state index in [1.54, 1.807) is 16.2 Å². The number of amides is 1. The van der Waals surface area contributed by atoms with Crippen LogP contribution in [0, 0.1) is 0 Å². The standard InChI is InChI=1S/C14H23N3O2S/c1-11(15)13-9-17(5-6-19-13)10-14(18)16(2)8-12-4-3-7-20-12/h3-4,7,11,13H,5-6,8-10,15H2,1-2H3. The number of ether oxygens (including phenoxy) is 1. The summed E-state index contributed by atoms with van der Waals surface area (Å²) in [7, 11) is 1.85. The van der Waals surface area contributed by atoms with Crippen molar-refractivity contribution in [2.75, 3.05) is 33.3 Å². The Hall–Kier alpha value is -0.950. The van der Waals surface area contributed by atoms with E-state index < -0.39 is 0 Å². The van der Waals surface area contributed by atoms with Crippen LogP contribution in [0.4, 0.5) is 0 Å². The maximum atomic E-state index is 12.2.